The van der Waals surface area contributed by atoms with Crippen LogP contribution in [0.2, 0.25) is 5.02 Å². The van der Waals surface area contributed by atoms with Crippen molar-refractivity contribution in [3.63, 3.8) is 0 Å². The van der Waals surface area contributed by atoms with E-state index >= 15 is 0 Å². The number of hydrogen-bond donors (Lipinski definition) is 1. The molecule has 1 aromatic heterocycles. The van der Waals surface area contributed by atoms with E-state index in [-0.39, 0.29) is 5.91 Å². The third kappa shape index (κ3) is 3.56. The van der Waals surface area contributed by atoms with Crippen molar-refractivity contribution in [3.05, 3.63) is 39.4 Å². The van der Waals surface area contributed by atoms with Crippen LogP contribution in [0.3, 0.4) is 0 Å². The lowest BCUT2D eigenvalue weighted by molar-refractivity contribution is -0.117. The van der Waals surface area contributed by atoms with Crippen LogP contribution < -0.4 is 10.2 Å². The summed E-state index contributed by atoms with van der Waals surface area (Å²) in [6.45, 7) is 2.25. The number of benzene rings is 1. The molecule has 26 heavy (non-hydrogen) atoms. The molecule has 2 amide bonds. The van der Waals surface area contributed by atoms with Crippen molar-refractivity contribution in [3.8, 4) is 0 Å². The topological polar surface area (TPSA) is 88.6 Å². The van der Waals surface area contributed by atoms with Gasteiger partial charge in [0.25, 0.3) is 5.91 Å². The number of carbonyl (C=O) groups is 3. The second-order valence-corrected chi connectivity index (χ2v) is 7.10. The van der Waals surface area contributed by atoms with Crippen molar-refractivity contribution >= 4 is 51.5 Å². The molecule has 0 atom stereocenters. The maximum Gasteiger partial charge on any atom is 0.350 e. The first-order valence-electron chi connectivity index (χ1n) is 7.87. The van der Waals surface area contributed by atoms with E-state index in [4.69, 9.17) is 11.6 Å². The molecule has 3 rings (SSSR count). The summed E-state index contributed by atoms with van der Waals surface area (Å²) in [5, 5.41) is 3.37. The minimum atomic E-state index is -0.498. The second-order valence-electron chi connectivity index (χ2n) is 5.69. The van der Waals surface area contributed by atoms with Crippen molar-refractivity contribution in [2.24, 2.45) is 0 Å². The van der Waals surface area contributed by atoms with Crippen LogP contribution in [-0.2, 0) is 9.53 Å². The number of halogens is 1. The smallest absolute Gasteiger partial charge is 0.350 e. The van der Waals surface area contributed by atoms with Crippen LogP contribution in [0.25, 0.3) is 0 Å². The molecule has 2 heterocycles. The lowest BCUT2D eigenvalue weighted by Gasteiger charge is -2.18. The Morgan fingerprint density at radius 2 is 2.15 bits per heavy atom. The lowest BCUT2D eigenvalue weighted by Crippen LogP contribution is -2.24. The molecule has 0 unspecified atom stereocenters. The lowest BCUT2D eigenvalue weighted by atomic mass is 10.1. The van der Waals surface area contributed by atoms with E-state index in [1.54, 1.807) is 30.0 Å². The summed E-state index contributed by atoms with van der Waals surface area (Å²) in [6, 6.07) is 4.75. The quantitative estimate of drug-likeness (QED) is 0.805. The van der Waals surface area contributed by atoms with Gasteiger partial charge in [0, 0.05) is 18.5 Å². The number of ether oxygens (including phenoxy) is 1. The largest absolute Gasteiger partial charge is 0.465 e. The number of aryl methyl sites for hydroxylation is 1. The molecule has 0 saturated carbocycles. The summed E-state index contributed by atoms with van der Waals surface area (Å²) < 4.78 is 4.68. The molecule has 0 bridgehead atoms. The summed E-state index contributed by atoms with van der Waals surface area (Å²) in [5.41, 5.74) is 1.35. The molecule has 1 aliphatic heterocycles. The van der Waals surface area contributed by atoms with Gasteiger partial charge in [-0.15, -0.1) is 0 Å². The number of amides is 2. The summed E-state index contributed by atoms with van der Waals surface area (Å²) >= 11 is 7.23. The van der Waals surface area contributed by atoms with Gasteiger partial charge in [-0.2, -0.15) is 0 Å². The highest BCUT2D eigenvalue weighted by Gasteiger charge is 2.25. The molecule has 0 radical (unpaired) electrons. The Balaban J connectivity index is 1.82. The minimum Gasteiger partial charge on any atom is -0.465 e. The van der Waals surface area contributed by atoms with Gasteiger partial charge in [0.1, 0.15) is 4.88 Å². The summed E-state index contributed by atoms with van der Waals surface area (Å²) in [4.78, 5) is 42.2. The van der Waals surface area contributed by atoms with Gasteiger partial charge < -0.3 is 9.64 Å². The molecule has 0 spiro atoms. The van der Waals surface area contributed by atoms with Crippen molar-refractivity contribution in [2.45, 2.75) is 19.8 Å². The fourth-order valence-corrected chi connectivity index (χ4v) is 3.76. The molecular weight excluding hydrogens is 378 g/mol. The number of thiazole rings is 1. The molecule has 136 valence electrons. The molecule has 0 aliphatic carbocycles. The molecule has 1 N–H and O–H groups in total. The Labute approximate surface area is 158 Å². The first kappa shape index (κ1) is 18.3. The number of rotatable bonds is 4. The Hall–Kier alpha value is -2.45. The standard InChI is InChI=1S/C17H16ClN3O4S/c1-9-14(16(24)25-2)26-17(19-9)20-15(23)10-5-6-11(18)12(8-10)21-7-3-4-13(21)22/h5-6,8H,3-4,7H2,1-2H3,(H,19,20,23). The predicted molar refractivity (Wildman–Crippen MR) is 99.2 cm³/mol. The van der Waals surface area contributed by atoms with Crippen LogP contribution in [0.1, 0.15) is 38.6 Å². The van der Waals surface area contributed by atoms with Crippen LogP contribution in [0.4, 0.5) is 10.8 Å². The Kier molecular flexibility index (Phi) is 5.24. The number of aromatic nitrogens is 1. The van der Waals surface area contributed by atoms with Gasteiger partial charge in [-0.25, -0.2) is 9.78 Å². The van der Waals surface area contributed by atoms with Gasteiger partial charge >= 0.3 is 5.97 Å². The van der Waals surface area contributed by atoms with E-state index in [1.807, 2.05) is 0 Å². The van der Waals surface area contributed by atoms with E-state index in [0.717, 1.165) is 17.8 Å². The maximum absolute atomic E-state index is 12.5. The summed E-state index contributed by atoms with van der Waals surface area (Å²) in [7, 11) is 1.29. The fourth-order valence-electron chi connectivity index (χ4n) is 2.66. The number of carbonyl (C=O) groups excluding carboxylic acids is 3. The van der Waals surface area contributed by atoms with Crippen molar-refractivity contribution in [1.82, 2.24) is 4.98 Å². The highest BCUT2D eigenvalue weighted by Crippen LogP contribution is 2.31. The maximum atomic E-state index is 12.5. The van der Waals surface area contributed by atoms with Crippen LogP contribution in [0, 0.1) is 6.92 Å². The Bertz CT molecular complexity index is 896. The van der Waals surface area contributed by atoms with Gasteiger partial charge in [-0.05, 0) is 31.5 Å². The monoisotopic (exact) mass is 393 g/mol. The molecule has 7 nitrogen and oxygen atoms in total. The van der Waals surface area contributed by atoms with Crippen LogP contribution in [0.5, 0.6) is 0 Å². The van der Waals surface area contributed by atoms with E-state index < -0.39 is 11.9 Å². The minimum absolute atomic E-state index is 0.0114. The SMILES string of the molecule is COC(=O)c1sc(NC(=O)c2ccc(Cl)c(N3CCCC3=O)c2)nc1C. The molecular formula is C17H16ClN3O4S. The zero-order valence-corrected chi connectivity index (χ0v) is 15.7. The van der Waals surface area contributed by atoms with E-state index in [1.165, 1.54) is 7.11 Å². The molecule has 1 aliphatic rings. The van der Waals surface area contributed by atoms with Gasteiger partial charge in [0.2, 0.25) is 5.91 Å². The third-order valence-corrected chi connectivity index (χ3v) is 5.33. The van der Waals surface area contributed by atoms with Crippen molar-refractivity contribution in [1.29, 1.82) is 0 Å². The molecule has 1 saturated heterocycles. The molecule has 9 heteroatoms. The third-order valence-electron chi connectivity index (χ3n) is 3.96. The number of hydrogen-bond acceptors (Lipinski definition) is 6. The molecule has 2 aromatic rings. The zero-order valence-electron chi connectivity index (χ0n) is 14.2. The average molecular weight is 394 g/mol. The van der Waals surface area contributed by atoms with Gasteiger partial charge in [-0.1, -0.05) is 22.9 Å². The Morgan fingerprint density at radius 1 is 1.38 bits per heavy atom. The van der Waals surface area contributed by atoms with Gasteiger partial charge in [0.15, 0.2) is 5.13 Å². The number of methoxy groups -OCH3 is 1. The number of nitrogens with one attached hydrogen (secondary N) is 1. The number of nitrogens with zero attached hydrogens (tertiary/aromatic N) is 2. The fraction of sp³-hybridized carbons (Fsp3) is 0.294. The van der Waals surface area contributed by atoms with Crippen LogP contribution >= 0.6 is 22.9 Å². The molecule has 1 fully saturated rings. The summed E-state index contributed by atoms with van der Waals surface area (Å²) in [5.74, 6) is -0.913. The number of esters is 1. The van der Waals surface area contributed by atoms with Gasteiger partial charge in [-0.3, -0.25) is 14.9 Å². The van der Waals surface area contributed by atoms with Crippen molar-refractivity contribution < 1.29 is 19.1 Å². The summed E-state index contributed by atoms with van der Waals surface area (Å²) in [6.07, 6.45) is 1.24. The highest BCUT2D eigenvalue weighted by molar-refractivity contribution is 7.17. The average Bonchev–Trinajstić information content (AvgIpc) is 3.20. The predicted octanol–water partition coefficient (Wildman–Crippen LogP) is 3.27. The van der Waals surface area contributed by atoms with E-state index in [0.29, 0.717) is 44.9 Å². The number of anilines is 2. The van der Waals surface area contributed by atoms with Crippen LogP contribution in [-0.4, -0.2) is 36.4 Å². The molecule has 1 aromatic carbocycles. The Morgan fingerprint density at radius 3 is 2.81 bits per heavy atom. The second kappa shape index (κ2) is 7.43. The normalized spacial score (nSPS) is 13.8. The van der Waals surface area contributed by atoms with E-state index in [9.17, 15) is 14.4 Å². The first-order chi connectivity index (χ1) is 12.4. The van der Waals surface area contributed by atoms with E-state index in [2.05, 4.69) is 15.0 Å². The highest BCUT2D eigenvalue weighted by atomic mass is 35.5. The first-order valence-corrected chi connectivity index (χ1v) is 9.07. The van der Waals surface area contributed by atoms with Crippen LogP contribution in [0.15, 0.2) is 18.2 Å². The van der Waals surface area contributed by atoms with Crippen molar-refractivity contribution in [2.75, 3.05) is 23.9 Å². The van der Waals surface area contributed by atoms with Gasteiger partial charge in [0.05, 0.1) is 23.5 Å². The zero-order chi connectivity index (χ0) is 18.8.